The quantitative estimate of drug-likeness (QED) is 0.754. The maximum Gasteiger partial charge on any atom is 0.226 e. The van der Waals surface area contributed by atoms with Crippen molar-refractivity contribution in [3.8, 4) is 0 Å². The molecule has 1 aliphatic heterocycles. The van der Waals surface area contributed by atoms with Gasteiger partial charge < -0.3 is 5.32 Å². The number of anilines is 1. The minimum Gasteiger partial charge on any atom is -0.328 e. The van der Waals surface area contributed by atoms with E-state index in [1.807, 2.05) is 28.9 Å². The first-order chi connectivity index (χ1) is 13.2. The highest BCUT2D eigenvalue weighted by atomic mass is 16.1. The van der Waals surface area contributed by atoms with Crippen molar-refractivity contribution in [1.82, 2.24) is 14.8 Å². The molecule has 2 atom stereocenters. The summed E-state index contributed by atoms with van der Waals surface area (Å²) in [5.74, 6) is 1.07. The second-order valence-corrected chi connectivity index (χ2v) is 7.30. The monoisotopic (exact) mass is 356 g/mol. The van der Waals surface area contributed by atoms with Gasteiger partial charge in [0, 0.05) is 17.7 Å². The molecule has 5 heteroatoms. The third kappa shape index (κ3) is 2.67. The fourth-order valence-corrected chi connectivity index (χ4v) is 4.26. The third-order valence-corrected chi connectivity index (χ3v) is 5.49. The van der Waals surface area contributed by atoms with E-state index >= 15 is 0 Å². The number of nitrogens with zero attached hydrogens (tertiary/aromatic N) is 3. The lowest BCUT2D eigenvalue weighted by atomic mass is 9.78. The van der Waals surface area contributed by atoms with Gasteiger partial charge in [-0.3, -0.25) is 4.79 Å². The van der Waals surface area contributed by atoms with Crippen LogP contribution in [-0.2, 0) is 4.79 Å². The smallest absolute Gasteiger partial charge is 0.226 e. The number of benzene rings is 2. The van der Waals surface area contributed by atoms with Gasteiger partial charge in [0.05, 0.1) is 0 Å². The topological polar surface area (TPSA) is 59.8 Å². The molecule has 3 aromatic rings. The molecule has 2 aliphatic rings. The molecule has 5 rings (SSSR count). The summed E-state index contributed by atoms with van der Waals surface area (Å²) in [5.41, 5.74) is 5.25. The predicted molar refractivity (Wildman–Crippen MR) is 103 cm³/mol. The lowest BCUT2D eigenvalue weighted by Gasteiger charge is -2.35. The zero-order chi connectivity index (χ0) is 18.4. The van der Waals surface area contributed by atoms with Crippen LogP contribution in [0.1, 0.15) is 41.5 Å². The van der Waals surface area contributed by atoms with Crippen LogP contribution in [0.5, 0.6) is 0 Å². The Morgan fingerprint density at radius 1 is 1.04 bits per heavy atom. The van der Waals surface area contributed by atoms with Crippen LogP contribution in [0.2, 0.25) is 0 Å². The summed E-state index contributed by atoms with van der Waals surface area (Å²) in [4.78, 5) is 17.6. The lowest BCUT2D eigenvalue weighted by molar-refractivity contribution is -0.116. The van der Waals surface area contributed by atoms with E-state index in [-0.39, 0.29) is 17.7 Å². The largest absolute Gasteiger partial charge is 0.328 e. The Labute approximate surface area is 157 Å². The Balaban J connectivity index is 1.62. The summed E-state index contributed by atoms with van der Waals surface area (Å²) in [5, 5.41) is 7.78. The van der Waals surface area contributed by atoms with Gasteiger partial charge in [0.2, 0.25) is 5.95 Å². The van der Waals surface area contributed by atoms with Crippen molar-refractivity contribution >= 4 is 11.7 Å². The molecule has 1 aliphatic carbocycles. The number of hydrogen-bond donors (Lipinski definition) is 1. The molecule has 0 radical (unpaired) electrons. The Morgan fingerprint density at radius 3 is 2.67 bits per heavy atom. The van der Waals surface area contributed by atoms with E-state index in [0.29, 0.717) is 12.4 Å². The summed E-state index contributed by atoms with van der Waals surface area (Å²) in [7, 11) is 0. The molecule has 0 bridgehead atoms. The molecule has 1 N–H and O–H groups in total. The van der Waals surface area contributed by atoms with E-state index in [1.54, 1.807) is 6.33 Å². The first kappa shape index (κ1) is 16.0. The highest BCUT2D eigenvalue weighted by Gasteiger charge is 2.39. The molecule has 5 nitrogen and oxygen atoms in total. The summed E-state index contributed by atoms with van der Waals surface area (Å²) in [6.07, 6.45) is 2.87. The Bertz CT molecular complexity index is 1050. The SMILES string of the molecule is Cc1cccc([C@H]2C3=C(C[C@H](c4ccccc4)CC3=O)Nc3ncnn32)c1. The number of nitrogens with one attached hydrogen (secondary N) is 1. The number of fused-ring (bicyclic) bond motifs is 1. The van der Waals surface area contributed by atoms with Crippen LogP contribution in [0.15, 0.2) is 72.2 Å². The maximum atomic E-state index is 13.3. The van der Waals surface area contributed by atoms with E-state index in [1.165, 1.54) is 11.1 Å². The Hall–Kier alpha value is -3.21. The number of allylic oxidation sites excluding steroid dienone is 2. The molecule has 2 aromatic carbocycles. The fraction of sp³-hybridized carbons (Fsp3) is 0.227. The van der Waals surface area contributed by atoms with Crippen molar-refractivity contribution in [2.24, 2.45) is 0 Å². The van der Waals surface area contributed by atoms with Crippen LogP contribution in [0.3, 0.4) is 0 Å². The van der Waals surface area contributed by atoms with Crippen LogP contribution < -0.4 is 5.32 Å². The van der Waals surface area contributed by atoms with Gasteiger partial charge in [-0.15, -0.1) is 0 Å². The van der Waals surface area contributed by atoms with Gasteiger partial charge in [-0.05, 0) is 30.4 Å². The molecule has 2 heterocycles. The fourth-order valence-electron chi connectivity index (χ4n) is 4.26. The second kappa shape index (κ2) is 6.20. The van der Waals surface area contributed by atoms with Gasteiger partial charge in [-0.2, -0.15) is 10.1 Å². The molecule has 0 amide bonds. The van der Waals surface area contributed by atoms with Gasteiger partial charge >= 0.3 is 0 Å². The molecule has 0 unspecified atom stereocenters. The highest BCUT2D eigenvalue weighted by molar-refractivity contribution is 6.00. The molecule has 1 aromatic heterocycles. The first-order valence-corrected chi connectivity index (χ1v) is 9.25. The zero-order valence-electron chi connectivity index (χ0n) is 15.1. The van der Waals surface area contributed by atoms with Crippen LogP contribution in [0, 0.1) is 6.92 Å². The number of hydrogen-bond acceptors (Lipinski definition) is 4. The highest BCUT2D eigenvalue weighted by Crippen LogP contribution is 2.43. The second-order valence-electron chi connectivity index (χ2n) is 7.30. The number of rotatable bonds is 2. The van der Waals surface area contributed by atoms with E-state index in [2.05, 4.69) is 52.7 Å². The summed E-state index contributed by atoms with van der Waals surface area (Å²) in [6, 6.07) is 18.4. The Kier molecular flexibility index (Phi) is 3.67. The van der Waals surface area contributed by atoms with Gasteiger partial charge in [0.15, 0.2) is 5.78 Å². The molecule has 0 saturated heterocycles. The summed E-state index contributed by atoms with van der Waals surface area (Å²) in [6.45, 7) is 2.07. The average molecular weight is 356 g/mol. The van der Waals surface area contributed by atoms with Crippen molar-refractivity contribution < 1.29 is 4.79 Å². The molecule has 0 saturated carbocycles. The molecular weight excluding hydrogens is 336 g/mol. The minimum absolute atomic E-state index is 0.185. The van der Waals surface area contributed by atoms with E-state index in [4.69, 9.17) is 0 Å². The number of Topliss-reactive ketones (excluding diaryl/α,β-unsaturated/α-hetero) is 1. The van der Waals surface area contributed by atoms with E-state index in [9.17, 15) is 4.79 Å². The number of carbonyl (C=O) groups is 1. The predicted octanol–water partition coefficient (Wildman–Crippen LogP) is 4.00. The number of aryl methyl sites for hydroxylation is 1. The average Bonchev–Trinajstić information content (AvgIpc) is 3.15. The van der Waals surface area contributed by atoms with Gasteiger partial charge in [-0.1, -0.05) is 60.2 Å². The first-order valence-electron chi connectivity index (χ1n) is 9.25. The standard InChI is InChI=1S/C22H20N4O/c1-14-6-5-9-16(10-14)21-20-18(25-22-23-13-24-26(21)22)11-17(12-19(20)27)15-7-3-2-4-8-15/h2-10,13,17,21H,11-12H2,1H3,(H,23,24,25)/t17-,21-/m0/s1. The van der Waals surface area contributed by atoms with Crippen LogP contribution >= 0.6 is 0 Å². The van der Waals surface area contributed by atoms with Gasteiger partial charge in [-0.25, -0.2) is 4.68 Å². The van der Waals surface area contributed by atoms with Gasteiger partial charge in [0.1, 0.15) is 12.4 Å². The maximum absolute atomic E-state index is 13.3. The Morgan fingerprint density at radius 2 is 1.85 bits per heavy atom. The number of aromatic nitrogens is 3. The molecular formula is C22H20N4O. The van der Waals surface area contributed by atoms with Crippen molar-refractivity contribution in [2.45, 2.75) is 31.7 Å². The van der Waals surface area contributed by atoms with Crippen molar-refractivity contribution in [2.75, 3.05) is 5.32 Å². The molecule has 0 fully saturated rings. The van der Waals surface area contributed by atoms with Crippen LogP contribution in [-0.4, -0.2) is 20.5 Å². The number of carbonyl (C=O) groups excluding carboxylic acids is 1. The van der Waals surface area contributed by atoms with E-state index in [0.717, 1.165) is 23.3 Å². The van der Waals surface area contributed by atoms with Crippen molar-refractivity contribution in [1.29, 1.82) is 0 Å². The molecule has 134 valence electrons. The van der Waals surface area contributed by atoms with E-state index < -0.39 is 0 Å². The van der Waals surface area contributed by atoms with Crippen LogP contribution in [0.25, 0.3) is 0 Å². The lowest BCUT2D eigenvalue weighted by Crippen LogP contribution is -2.33. The molecule has 0 spiro atoms. The zero-order valence-corrected chi connectivity index (χ0v) is 15.1. The molecule has 27 heavy (non-hydrogen) atoms. The van der Waals surface area contributed by atoms with Gasteiger partial charge in [0.25, 0.3) is 0 Å². The van der Waals surface area contributed by atoms with Crippen molar-refractivity contribution in [3.63, 3.8) is 0 Å². The van der Waals surface area contributed by atoms with Crippen molar-refractivity contribution in [3.05, 3.63) is 88.9 Å². The minimum atomic E-state index is -0.220. The summed E-state index contributed by atoms with van der Waals surface area (Å²) >= 11 is 0. The normalized spacial score (nSPS) is 21.4. The third-order valence-electron chi connectivity index (χ3n) is 5.49. The summed E-state index contributed by atoms with van der Waals surface area (Å²) < 4.78 is 1.83. The number of ketones is 1. The van der Waals surface area contributed by atoms with Crippen LogP contribution in [0.4, 0.5) is 5.95 Å².